The number of halogens is 1. The maximum atomic E-state index is 13.5. The van der Waals surface area contributed by atoms with Crippen LogP contribution in [-0.2, 0) is 4.79 Å². The Kier molecular flexibility index (Phi) is 1.26. The number of carboxylic acid groups (broad SMARTS) is 1. The highest BCUT2D eigenvalue weighted by atomic mass is 19.1. The molecule has 0 aliphatic heterocycles. The smallest absolute Gasteiger partial charge is 0.341 e. The Morgan fingerprint density at radius 1 is 1.55 bits per heavy atom. The first-order valence-corrected chi connectivity index (χ1v) is 4.05. The lowest BCUT2D eigenvalue weighted by atomic mass is 9.86. The van der Waals surface area contributed by atoms with Crippen molar-refractivity contribution in [3.63, 3.8) is 0 Å². The molecule has 0 spiro atoms. The molecule has 2 nitrogen and oxygen atoms in total. The standard InChI is InChI=1S/C8H11FO2/c9-8(7(10)11)4-5-1-2-6(8)3-5/h5-6H,1-4H2,(H,10,11)/t5-,6+,8+/m1/s1. The Labute approximate surface area is 64.4 Å². The molecule has 2 saturated carbocycles. The second-order valence-corrected chi connectivity index (χ2v) is 3.75. The number of aliphatic carboxylic acids is 1. The van der Waals surface area contributed by atoms with E-state index in [1.165, 1.54) is 0 Å². The molecule has 2 bridgehead atoms. The molecule has 11 heavy (non-hydrogen) atoms. The summed E-state index contributed by atoms with van der Waals surface area (Å²) in [6.07, 6.45) is 2.85. The summed E-state index contributed by atoms with van der Waals surface area (Å²) in [5.41, 5.74) is -1.87. The summed E-state index contributed by atoms with van der Waals surface area (Å²) in [4.78, 5) is 10.5. The van der Waals surface area contributed by atoms with Crippen LogP contribution in [0.5, 0.6) is 0 Å². The number of hydrogen-bond donors (Lipinski definition) is 1. The predicted octanol–water partition coefficient (Wildman–Crippen LogP) is 1.60. The Morgan fingerprint density at radius 2 is 2.27 bits per heavy atom. The Morgan fingerprint density at radius 3 is 2.55 bits per heavy atom. The summed E-state index contributed by atoms with van der Waals surface area (Å²) in [7, 11) is 0. The van der Waals surface area contributed by atoms with Crippen LogP contribution in [0.25, 0.3) is 0 Å². The van der Waals surface area contributed by atoms with Crippen molar-refractivity contribution in [2.45, 2.75) is 31.4 Å². The zero-order valence-electron chi connectivity index (χ0n) is 6.22. The third-order valence-corrected chi connectivity index (χ3v) is 3.13. The summed E-state index contributed by atoms with van der Waals surface area (Å²) in [5.74, 6) is -1.09. The second-order valence-electron chi connectivity index (χ2n) is 3.75. The summed E-state index contributed by atoms with van der Waals surface area (Å²) in [6, 6.07) is 0. The summed E-state index contributed by atoms with van der Waals surface area (Å²) < 4.78 is 13.5. The van der Waals surface area contributed by atoms with Crippen molar-refractivity contribution in [1.82, 2.24) is 0 Å². The molecule has 2 fully saturated rings. The monoisotopic (exact) mass is 158 g/mol. The van der Waals surface area contributed by atoms with Gasteiger partial charge in [-0.1, -0.05) is 0 Å². The third-order valence-electron chi connectivity index (χ3n) is 3.13. The number of hydrogen-bond acceptors (Lipinski definition) is 1. The van der Waals surface area contributed by atoms with Crippen molar-refractivity contribution in [3.8, 4) is 0 Å². The minimum absolute atomic E-state index is 0.190. The third kappa shape index (κ3) is 0.798. The molecule has 2 aliphatic rings. The highest BCUT2D eigenvalue weighted by Gasteiger charge is 2.56. The van der Waals surface area contributed by atoms with Crippen LogP contribution in [0.1, 0.15) is 25.7 Å². The van der Waals surface area contributed by atoms with Crippen molar-refractivity contribution in [2.75, 3.05) is 0 Å². The number of carbonyl (C=O) groups is 1. The summed E-state index contributed by atoms with van der Waals surface area (Å²) in [6.45, 7) is 0. The van der Waals surface area contributed by atoms with Crippen molar-refractivity contribution in [3.05, 3.63) is 0 Å². The maximum Gasteiger partial charge on any atom is 0.341 e. The van der Waals surface area contributed by atoms with Gasteiger partial charge in [-0.3, -0.25) is 0 Å². The molecule has 3 heteroatoms. The average Bonchev–Trinajstić information content (AvgIpc) is 2.45. The van der Waals surface area contributed by atoms with Gasteiger partial charge in [-0.15, -0.1) is 0 Å². The van der Waals surface area contributed by atoms with Gasteiger partial charge in [0.15, 0.2) is 0 Å². The molecule has 0 aromatic carbocycles. The first-order chi connectivity index (χ1) is 5.13. The van der Waals surface area contributed by atoms with Gasteiger partial charge in [-0.05, 0) is 31.6 Å². The number of alkyl halides is 1. The number of carboxylic acids is 1. The SMILES string of the molecule is O=C(O)[C@]1(F)C[C@@H]2CC[C@H]1C2. The van der Waals surface area contributed by atoms with Crippen molar-refractivity contribution in [1.29, 1.82) is 0 Å². The van der Waals surface area contributed by atoms with Crippen LogP contribution < -0.4 is 0 Å². The predicted molar refractivity (Wildman–Crippen MR) is 36.9 cm³/mol. The van der Waals surface area contributed by atoms with E-state index in [1.54, 1.807) is 0 Å². The highest BCUT2D eigenvalue weighted by Crippen LogP contribution is 2.52. The van der Waals surface area contributed by atoms with Crippen LogP contribution in [0.4, 0.5) is 4.39 Å². The average molecular weight is 158 g/mol. The quantitative estimate of drug-likeness (QED) is 0.629. The molecule has 0 unspecified atom stereocenters. The zero-order chi connectivity index (χ0) is 8.06. The van der Waals surface area contributed by atoms with Crippen LogP contribution in [-0.4, -0.2) is 16.7 Å². The Bertz CT molecular complexity index is 204. The van der Waals surface area contributed by atoms with Gasteiger partial charge >= 0.3 is 5.97 Å². The molecule has 62 valence electrons. The van der Waals surface area contributed by atoms with E-state index in [1.807, 2.05) is 0 Å². The molecule has 3 atom stereocenters. The molecular formula is C8H11FO2. The van der Waals surface area contributed by atoms with Crippen LogP contribution >= 0.6 is 0 Å². The molecule has 2 rings (SSSR count). The van der Waals surface area contributed by atoms with Gasteiger partial charge in [-0.2, -0.15) is 0 Å². The summed E-state index contributed by atoms with van der Waals surface area (Å²) >= 11 is 0. The Balaban J connectivity index is 2.23. The zero-order valence-corrected chi connectivity index (χ0v) is 6.22. The van der Waals surface area contributed by atoms with E-state index in [0.29, 0.717) is 5.92 Å². The fourth-order valence-electron chi connectivity index (χ4n) is 2.52. The largest absolute Gasteiger partial charge is 0.479 e. The normalized spacial score (nSPS) is 48.1. The van der Waals surface area contributed by atoms with E-state index in [-0.39, 0.29) is 12.3 Å². The maximum absolute atomic E-state index is 13.5. The topological polar surface area (TPSA) is 37.3 Å². The van der Waals surface area contributed by atoms with Gasteiger partial charge in [0.2, 0.25) is 5.67 Å². The fraction of sp³-hybridized carbons (Fsp3) is 0.875. The minimum Gasteiger partial charge on any atom is -0.479 e. The van der Waals surface area contributed by atoms with Gasteiger partial charge in [-0.25, -0.2) is 9.18 Å². The Hall–Kier alpha value is -0.600. The minimum atomic E-state index is -1.87. The highest BCUT2D eigenvalue weighted by molar-refractivity contribution is 5.78. The molecule has 0 heterocycles. The van der Waals surface area contributed by atoms with E-state index in [9.17, 15) is 9.18 Å². The van der Waals surface area contributed by atoms with Crippen LogP contribution in [0, 0.1) is 11.8 Å². The first kappa shape index (κ1) is 7.07. The van der Waals surface area contributed by atoms with E-state index < -0.39 is 11.6 Å². The first-order valence-electron chi connectivity index (χ1n) is 4.05. The fourth-order valence-corrected chi connectivity index (χ4v) is 2.52. The molecule has 2 aliphatic carbocycles. The van der Waals surface area contributed by atoms with E-state index >= 15 is 0 Å². The lowest BCUT2D eigenvalue weighted by molar-refractivity contribution is -0.154. The van der Waals surface area contributed by atoms with E-state index in [4.69, 9.17) is 5.11 Å². The molecular weight excluding hydrogens is 147 g/mol. The van der Waals surface area contributed by atoms with Crippen LogP contribution in [0.15, 0.2) is 0 Å². The summed E-state index contributed by atoms with van der Waals surface area (Å²) in [5, 5.41) is 8.62. The van der Waals surface area contributed by atoms with E-state index in [2.05, 4.69) is 0 Å². The van der Waals surface area contributed by atoms with Gasteiger partial charge in [0, 0.05) is 5.92 Å². The lowest BCUT2D eigenvalue weighted by Crippen LogP contribution is -2.38. The van der Waals surface area contributed by atoms with Gasteiger partial charge < -0.3 is 5.11 Å². The molecule has 1 N–H and O–H groups in total. The molecule has 0 amide bonds. The van der Waals surface area contributed by atoms with Crippen molar-refractivity contribution >= 4 is 5.97 Å². The van der Waals surface area contributed by atoms with Crippen LogP contribution in [0.3, 0.4) is 0 Å². The van der Waals surface area contributed by atoms with Gasteiger partial charge in [0.1, 0.15) is 0 Å². The number of rotatable bonds is 1. The second kappa shape index (κ2) is 1.96. The molecule has 0 radical (unpaired) electrons. The van der Waals surface area contributed by atoms with Crippen molar-refractivity contribution < 1.29 is 14.3 Å². The number of fused-ring (bicyclic) bond motifs is 2. The van der Waals surface area contributed by atoms with Gasteiger partial charge in [0.05, 0.1) is 0 Å². The van der Waals surface area contributed by atoms with Crippen LogP contribution in [0.2, 0.25) is 0 Å². The van der Waals surface area contributed by atoms with E-state index in [0.717, 1.165) is 19.3 Å². The van der Waals surface area contributed by atoms with Gasteiger partial charge in [0.25, 0.3) is 0 Å². The molecule has 0 aromatic heterocycles. The lowest BCUT2D eigenvalue weighted by Gasteiger charge is -2.24. The molecule has 0 aromatic rings. The van der Waals surface area contributed by atoms with Crippen molar-refractivity contribution in [2.24, 2.45) is 11.8 Å². The molecule has 0 saturated heterocycles.